The van der Waals surface area contributed by atoms with Gasteiger partial charge >= 0.3 is 0 Å². The molecule has 1 atom stereocenters. The van der Waals surface area contributed by atoms with Gasteiger partial charge < -0.3 is 9.80 Å². The Morgan fingerprint density at radius 2 is 1.46 bits per heavy atom. The molecule has 0 aliphatic carbocycles. The fourth-order valence-electron chi connectivity index (χ4n) is 6.70. The zero-order chi connectivity index (χ0) is 32.8. The molecule has 0 spiro atoms. The number of hydrogen-bond acceptors (Lipinski definition) is 5. The van der Waals surface area contributed by atoms with E-state index in [2.05, 4.69) is 169 Å². The number of nitrogens with zero attached hydrogens (tertiary/aromatic N) is 3. The highest BCUT2D eigenvalue weighted by atomic mass is 32.3. The standard InChI is InChI=1S/C42H37N3S3/c1-5-25-44(37-17-11-13-30-12-9-10-16-35(30)37)34-22-23-36(43-28-34)31-18-20-33(21-19-31)45(32-14-7-6-8-15-32)40-27-39-42(47-40)41-38(24-26-46-41)48(39,4)29(2)3/h5-29H,1-4H3/b25-5+. The number of benzene rings is 4. The molecule has 3 aromatic heterocycles. The lowest BCUT2D eigenvalue weighted by atomic mass is 10.1. The number of aromatic nitrogens is 1. The third kappa shape index (κ3) is 5.07. The monoisotopic (exact) mass is 679 g/mol. The predicted molar refractivity (Wildman–Crippen MR) is 212 cm³/mol. The molecule has 4 aromatic carbocycles. The lowest BCUT2D eigenvalue weighted by Crippen LogP contribution is -2.10. The van der Waals surface area contributed by atoms with Crippen LogP contribution >= 0.6 is 32.7 Å². The van der Waals surface area contributed by atoms with Gasteiger partial charge in [-0.3, -0.25) is 4.98 Å². The van der Waals surface area contributed by atoms with E-state index in [4.69, 9.17) is 4.98 Å². The van der Waals surface area contributed by atoms with Crippen LogP contribution in [0.25, 0.3) is 31.8 Å². The van der Waals surface area contributed by atoms with Crippen molar-refractivity contribution in [3.8, 4) is 21.0 Å². The Morgan fingerprint density at radius 1 is 0.729 bits per heavy atom. The first-order chi connectivity index (χ1) is 23.5. The maximum Gasteiger partial charge on any atom is 0.102 e. The molecule has 1 aliphatic heterocycles. The average Bonchev–Trinajstić information content (AvgIpc) is 3.84. The summed E-state index contributed by atoms with van der Waals surface area (Å²) < 4.78 is 0. The highest BCUT2D eigenvalue weighted by Crippen LogP contribution is 2.75. The molecule has 0 N–H and O–H groups in total. The number of para-hydroxylation sites is 1. The summed E-state index contributed by atoms with van der Waals surface area (Å²) in [6, 6.07) is 43.7. The van der Waals surface area contributed by atoms with E-state index in [0.717, 1.165) is 34.0 Å². The number of pyridine rings is 1. The summed E-state index contributed by atoms with van der Waals surface area (Å²) in [6.45, 7) is 6.83. The van der Waals surface area contributed by atoms with Gasteiger partial charge in [-0.05, 0) is 83.8 Å². The molecule has 238 valence electrons. The van der Waals surface area contributed by atoms with E-state index in [0.29, 0.717) is 5.25 Å². The topological polar surface area (TPSA) is 19.4 Å². The quantitative estimate of drug-likeness (QED) is 0.159. The van der Waals surface area contributed by atoms with E-state index in [1.165, 1.54) is 30.4 Å². The Balaban J connectivity index is 1.13. The molecule has 1 aliphatic rings. The van der Waals surface area contributed by atoms with Crippen molar-refractivity contribution >= 4 is 71.2 Å². The van der Waals surface area contributed by atoms with Gasteiger partial charge in [-0.25, -0.2) is 0 Å². The molecule has 8 rings (SSSR count). The minimum atomic E-state index is -1.08. The molecular formula is C42H37N3S3. The van der Waals surface area contributed by atoms with Gasteiger partial charge in [-0.2, -0.15) is 10.0 Å². The third-order valence-corrected chi connectivity index (χ3v) is 16.2. The molecule has 6 heteroatoms. The van der Waals surface area contributed by atoms with Crippen molar-refractivity contribution in [3.63, 3.8) is 0 Å². The van der Waals surface area contributed by atoms with Gasteiger partial charge in [0.25, 0.3) is 0 Å². The van der Waals surface area contributed by atoms with Crippen molar-refractivity contribution < 1.29 is 0 Å². The molecule has 0 radical (unpaired) electrons. The van der Waals surface area contributed by atoms with Crippen LogP contribution in [-0.4, -0.2) is 16.5 Å². The first-order valence-electron chi connectivity index (χ1n) is 16.3. The van der Waals surface area contributed by atoms with E-state index in [9.17, 15) is 0 Å². The van der Waals surface area contributed by atoms with E-state index in [-0.39, 0.29) is 0 Å². The lowest BCUT2D eigenvalue weighted by molar-refractivity contribution is 1.08. The molecule has 1 unspecified atom stereocenters. The van der Waals surface area contributed by atoms with Crippen molar-refractivity contribution in [2.45, 2.75) is 35.8 Å². The molecule has 0 amide bonds. The zero-order valence-electron chi connectivity index (χ0n) is 27.5. The summed E-state index contributed by atoms with van der Waals surface area (Å²) in [5, 5.41) is 6.55. The Bertz CT molecular complexity index is 2240. The van der Waals surface area contributed by atoms with Crippen LogP contribution in [0.2, 0.25) is 0 Å². The Morgan fingerprint density at radius 3 is 2.21 bits per heavy atom. The van der Waals surface area contributed by atoms with Crippen LogP contribution in [0.5, 0.6) is 0 Å². The van der Waals surface area contributed by atoms with Gasteiger partial charge in [0.1, 0.15) is 5.00 Å². The van der Waals surface area contributed by atoms with E-state index in [1.54, 1.807) is 4.90 Å². The van der Waals surface area contributed by atoms with Crippen LogP contribution in [0.1, 0.15) is 20.8 Å². The Kier molecular flexibility index (Phi) is 7.95. The fourth-order valence-corrected chi connectivity index (χ4v) is 13.3. The van der Waals surface area contributed by atoms with Crippen molar-refractivity contribution in [2.75, 3.05) is 16.1 Å². The highest BCUT2D eigenvalue weighted by molar-refractivity contribution is 8.34. The summed E-state index contributed by atoms with van der Waals surface area (Å²) >= 11 is 3.82. The van der Waals surface area contributed by atoms with Crippen molar-refractivity contribution in [1.82, 2.24) is 4.98 Å². The molecular weight excluding hydrogens is 643 g/mol. The first kappa shape index (κ1) is 30.7. The van der Waals surface area contributed by atoms with E-state index >= 15 is 0 Å². The Labute approximate surface area is 292 Å². The minimum Gasteiger partial charge on any atom is -0.315 e. The lowest BCUT2D eigenvalue weighted by Gasteiger charge is -2.37. The summed E-state index contributed by atoms with van der Waals surface area (Å²) in [4.78, 5) is 15.6. The second-order valence-electron chi connectivity index (χ2n) is 12.4. The number of thiophene rings is 2. The first-order valence-corrected chi connectivity index (χ1v) is 20.1. The smallest absolute Gasteiger partial charge is 0.102 e. The van der Waals surface area contributed by atoms with Gasteiger partial charge in [0.2, 0.25) is 0 Å². The molecule has 0 fully saturated rings. The molecule has 3 nitrogen and oxygen atoms in total. The maximum atomic E-state index is 4.95. The molecule has 0 saturated carbocycles. The van der Waals surface area contributed by atoms with Crippen molar-refractivity contribution in [3.05, 3.63) is 145 Å². The summed E-state index contributed by atoms with van der Waals surface area (Å²) in [5.74, 6) is 0. The molecule has 0 bridgehead atoms. The Hall–Kier alpha value is -4.62. The van der Waals surface area contributed by atoms with Crippen molar-refractivity contribution in [2.24, 2.45) is 0 Å². The van der Waals surface area contributed by atoms with E-state index < -0.39 is 10.0 Å². The number of rotatable bonds is 8. The molecule has 48 heavy (non-hydrogen) atoms. The second-order valence-corrected chi connectivity index (χ2v) is 18.1. The summed E-state index contributed by atoms with van der Waals surface area (Å²) in [5.41, 5.74) is 6.51. The molecule has 4 heterocycles. The zero-order valence-corrected chi connectivity index (χ0v) is 29.9. The van der Waals surface area contributed by atoms with Crippen LogP contribution in [0.4, 0.5) is 27.8 Å². The summed E-state index contributed by atoms with van der Waals surface area (Å²) in [7, 11) is -1.08. The normalized spacial score (nSPS) is 16.6. The van der Waals surface area contributed by atoms with Gasteiger partial charge in [-0.15, -0.1) is 22.7 Å². The van der Waals surface area contributed by atoms with Crippen LogP contribution in [-0.2, 0) is 0 Å². The second kappa shape index (κ2) is 12.4. The third-order valence-electron chi connectivity index (χ3n) is 9.38. The van der Waals surface area contributed by atoms with Gasteiger partial charge in [0.15, 0.2) is 0 Å². The van der Waals surface area contributed by atoms with Gasteiger partial charge in [0.05, 0.1) is 33.0 Å². The average molecular weight is 680 g/mol. The maximum absolute atomic E-state index is 4.95. The minimum absolute atomic E-state index is 0.579. The molecule has 0 saturated heterocycles. The SMILES string of the molecule is C/C=C/N(c1ccc(-c2ccc(N(c3ccccc3)c3cc4c(s3)-c3sccc3S4(C)C(C)C)cc2)nc1)c1cccc2ccccc12. The fraction of sp³-hybridized carbons (Fsp3) is 0.119. The van der Waals surface area contributed by atoms with Crippen LogP contribution in [0, 0.1) is 0 Å². The number of anilines is 5. The van der Waals surface area contributed by atoms with Crippen LogP contribution in [0.3, 0.4) is 0 Å². The largest absolute Gasteiger partial charge is 0.315 e. The highest BCUT2D eigenvalue weighted by Gasteiger charge is 2.41. The number of fused-ring (bicyclic) bond motifs is 4. The summed E-state index contributed by atoms with van der Waals surface area (Å²) in [6.07, 6.45) is 8.65. The predicted octanol–water partition coefficient (Wildman–Crippen LogP) is 13.4. The van der Waals surface area contributed by atoms with Gasteiger partial charge in [-0.1, -0.05) is 86.7 Å². The molecule has 7 aromatic rings. The van der Waals surface area contributed by atoms with Crippen LogP contribution in [0.15, 0.2) is 155 Å². The number of hydrogen-bond donors (Lipinski definition) is 0. The van der Waals surface area contributed by atoms with E-state index in [1.807, 2.05) is 35.8 Å². The number of allylic oxidation sites excluding steroid dienone is 1. The van der Waals surface area contributed by atoms with Crippen molar-refractivity contribution in [1.29, 1.82) is 0 Å². The van der Waals surface area contributed by atoms with Crippen LogP contribution < -0.4 is 9.80 Å². The van der Waals surface area contributed by atoms with Gasteiger partial charge in [0, 0.05) is 38.3 Å².